The normalized spacial score (nSPS) is 14.4. The Hall–Kier alpha value is -4.07. The summed E-state index contributed by atoms with van der Waals surface area (Å²) in [6, 6.07) is 17.8. The summed E-state index contributed by atoms with van der Waals surface area (Å²) in [6.07, 6.45) is -0.200. The predicted molar refractivity (Wildman–Crippen MR) is 124 cm³/mol. The molecule has 1 atom stereocenters. The first-order chi connectivity index (χ1) is 16.4. The van der Waals surface area contributed by atoms with E-state index in [0.717, 1.165) is 17.1 Å². The predicted octanol–water partition coefficient (Wildman–Crippen LogP) is 3.10. The first kappa shape index (κ1) is 23.1. The topological polar surface area (TPSA) is 95.9 Å². The molecule has 0 radical (unpaired) electrons. The van der Waals surface area contributed by atoms with Crippen LogP contribution in [0.15, 0.2) is 60.7 Å². The summed E-state index contributed by atoms with van der Waals surface area (Å²) in [5.41, 5.74) is 2.58. The molecule has 1 N–H and O–H groups in total. The molecule has 8 heteroatoms. The number of ether oxygens (including phenoxy) is 3. The molecule has 0 saturated heterocycles. The van der Waals surface area contributed by atoms with Gasteiger partial charge in [0.2, 0.25) is 5.78 Å². The second-order valence-electron chi connectivity index (χ2n) is 8.03. The summed E-state index contributed by atoms with van der Waals surface area (Å²) >= 11 is 0. The lowest BCUT2D eigenvalue weighted by molar-refractivity contribution is -0.141. The minimum absolute atomic E-state index is 0.200. The molecule has 0 spiro atoms. The average molecular weight is 463 g/mol. The number of fused-ring (bicyclic) bond motifs is 1. The molecule has 3 aromatic rings. The van der Waals surface area contributed by atoms with Gasteiger partial charge in [0.25, 0.3) is 5.91 Å². The van der Waals surface area contributed by atoms with E-state index in [9.17, 15) is 14.4 Å². The van der Waals surface area contributed by atoms with Gasteiger partial charge in [0.05, 0.1) is 6.54 Å². The van der Waals surface area contributed by atoms with Crippen molar-refractivity contribution in [3.8, 4) is 11.5 Å². The van der Waals surface area contributed by atoms with Crippen molar-refractivity contribution in [3.05, 3.63) is 83.2 Å². The van der Waals surface area contributed by atoms with Gasteiger partial charge in [-0.2, -0.15) is 0 Å². The van der Waals surface area contributed by atoms with Crippen LogP contribution >= 0.6 is 0 Å². The standard InChI is InChI=1S/C26H26N2O6/c1-17-12-21(18(2)28(17)14-20-15-32-23-10-6-7-11-24(23)34-20)22(29)16-33-25(30)13-27-26(31)19-8-4-3-5-9-19/h3-12,20H,13-16H2,1-2H3,(H,27,31). The van der Waals surface area contributed by atoms with Crippen LogP contribution in [0.25, 0.3) is 0 Å². The molecular formula is C26H26N2O6. The molecule has 1 amide bonds. The summed E-state index contributed by atoms with van der Waals surface area (Å²) < 4.78 is 18.9. The Labute approximate surface area is 197 Å². The fourth-order valence-corrected chi connectivity index (χ4v) is 3.84. The lowest BCUT2D eigenvalue weighted by atomic mass is 10.1. The van der Waals surface area contributed by atoms with E-state index in [-0.39, 0.29) is 24.3 Å². The van der Waals surface area contributed by atoms with Crippen molar-refractivity contribution in [1.29, 1.82) is 0 Å². The SMILES string of the molecule is Cc1cc(C(=O)COC(=O)CNC(=O)c2ccccc2)c(C)n1CC1COc2ccccc2O1. The van der Waals surface area contributed by atoms with E-state index in [4.69, 9.17) is 14.2 Å². The lowest BCUT2D eigenvalue weighted by Crippen LogP contribution is -2.33. The molecule has 2 aromatic carbocycles. The third kappa shape index (κ3) is 5.28. The Balaban J connectivity index is 1.30. The quantitative estimate of drug-likeness (QED) is 0.408. The van der Waals surface area contributed by atoms with Gasteiger partial charge in [0, 0.05) is 22.5 Å². The van der Waals surface area contributed by atoms with Crippen LogP contribution in [0.4, 0.5) is 0 Å². The van der Waals surface area contributed by atoms with Crippen LogP contribution in [0.1, 0.15) is 32.1 Å². The number of aromatic nitrogens is 1. The lowest BCUT2D eigenvalue weighted by Gasteiger charge is -2.27. The monoisotopic (exact) mass is 462 g/mol. The molecule has 0 saturated carbocycles. The highest BCUT2D eigenvalue weighted by atomic mass is 16.6. The molecule has 176 valence electrons. The summed E-state index contributed by atoms with van der Waals surface area (Å²) in [6.45, 7) is 3.96. The summed E-state index contributed by atoms with van der Waals surface area (Å²) in [5.74, 6) is 0.0381. The van der Waals surface area contributed by atoms with Crippen molar-refractivity contribution in [2.75, 3.05) is 19.8 Å². The summed E-state index contributed by atoms with van der Waals surface area (Å²) in [4.78, 5) is 36.7. The van der Waals surface area contributed by atoms with Crippen molar-refractivity contribution in [3.63, 3.8) is 0 Å². The first-order valence-electron chi connectivity index (χ1n) is 11.0. The van der Waals surface area contributed by atoms with E-state index in [1.54, 1.807) is 36.4 Å². The van der Waals surface area contributed by atoms with Gasteiger partial charge in [-0.1, -0.05) is 30.3 Å². The van der Waals surface area contributed by atoms with Crippen molar-refractivity contribution < 1.29 is 28.6 Å². The molecular weight excluding hydrogens is 436 g/mol. The highest BCUT2D eigenvalue weighted by Gasteiger charge is 2.24. The van der Waals surface area contributed by atoms with Crippen LogP contribution < -0.4 is 14.8 Å². The molecule has 1 unspecified atom stereocenters. The van der Waals surface area contributed by atoms with Gasteiger partial charge in [-0.05, 0) is 44.2 Å². The highest BCUT2D eigenvalue weighted by molar-refractivity contribution is 6.00. The van der Waals surface area contributed by atoms with Gasteiger partial charge >= 0.3 is 5.97 Å². The molecule has 0 bridgehead atoms. The Morgan fingerprint density at radius 3 is 2.50 bits per heavy atom. The number of esters is 1. The number of benzene rings is 2. The average Bonchev–Trinajstić information content (AvgIpc) is 3.14. The number of nitrogens with one attached hydrogen (secondary N) is 1. The zero-order chi connectivity index (χ0) is 24.1. The molecule has 34 heavy (non-hydrogen) atoms. The number of rotatable bonds is 8. The van der Waals surface area contributed by atoms with Crippen LogP contribution in [0.3, 0.4) is 0 Å². The van der Waals surface area contributed by atoms with Crippen LogP contribution in [0, 0.1) is 13.8 Å². The Morgan fingerprint density at radius 2 is 1.74 bits per heavy atom. The molecule has 4 rings (SSSR count). The fraction of sp³-hybridized carbons (Fsp3) is 0.269. The number of para-hydroxylation sites is 2. The zero-order valence-electron chi connectivity index (χ0n) is 19.1. The van der Waals surface area contributed by atoms with Crippen LogP contribution in [0.5, 0.6) is 11.5 Å². The largest absolute Gasteiger partial charge is 0.486 e. The maximum absolute atomic E-state index is 12.7. The Bertz CT molecular complexity index is 1200. The smallest absolute Gasteiger partial charge is 0.325 e. The number of carbonyl (C=O) groups excluding carboxylic acids is 3. The van der Waals surface area contributed by atoms with Crippen LogP contribution in [0.2, 0.25) is 0 Å². The molecule has 8 nitrogen and oxygen atoms in total. The van der Waals surface area contributed by atoms with E-state index in [0.29, 0.717) is 30.0 Å². The fourth-order valence-electron chi connectivity index (χ4n) is 3.84. The zero-order valence-corrected chi connectivity index (χ0v) is 19.1. The number of amides is 1. The molecule has 1 aliphatic heterocycles. The Kier molecular flexibility index (Phi) is 6.96. The highest BCUT2D eigenvalue weighted by Crippen LogP contribution is 2.31. The first-order valence-corrected chi connectivity index (χ1v) is 11.0. The molecule has 0 aliphatic carbocycles. The number of nitrogens with zero attached hydrogens (tertiary/aromatic N) is 1. The molecule has 1 aromatic heterocycles. The maximum Gasteiger partial charge on any atom is 0.325 e. The number of carbonyl (C=O) groups is 3. The third-order valence-corrected chi connectivity index (χ3v) is 5.62. The minimum Gasteiger partial charge on any atom is -0.486 e. The minimum atomic E-state index is -0.683. The molecule has 1 aliphatic rings. The van der Waals surface area contributed by atoms with E-state index in [1.165, 1.54) is 0 Å². The number of hydrogen-bond donors (Lipinski definition) is 1. The van der Waals surface area contributed by atoms with E-state index in [1.807, 2.05) is 42.7 Å². The van der Waals surface area contributed by atoms with E-state index >= 15 is 0 Å². The van der Waals surface area contributed by atoms with Crippen LogP contribution in [-0.2, 0) is 16.1 Å². The van der Waals surface area contributed by atoms with Gasteiger partial charge in [-0.25, -0.2) is 0 Å². The van der Waals surface area contributed by atoms with E-state index < -0.39 is 12.6 Å². The number of hydrogen-bond acceptors (Lipinski definition) is 6. The second-order valence-corrected chi connectivity index (χ2v) is 8.03. The molecule has 2 heterocycles. The third-order valence-electron chi connectivity index (χ3n) is 5.62. The van der Waals surface area contributed by atoms with Gasteiger partial charge in [-0.3, -0.25) is 14.4 Å². The Morgan fingerprint density at radius 1 is 1.03 bits per heavy atom. The van der Waals surface area contributed by atoms with Gasteiger partial charge in [0.15, 0.2) is 24.2 Å². The van der Waals surface area contributed by atoms with Crippen molar-refractivity contribution in [2.45, 2.75) is 26.5 Å². The summed E-state index contributed by atoms with van der Waals surface area (Å²) in [5, 5.41) is 2.48. The van der Waals surface area contributed by atoms with Gasteiger partial charge < -0.3 is 24.1 Å². The number of aryl methyl sites for hydroxylation is 1. The van der Waals surface area contributed by atoms with Gasteiger partial charge in [-0.15, -0.1) is 0 Å². The number of ketones is 1. The maximum atomic E-state index is 12.7. The van der Waals surface area contributed by atoms with Crippen molar-refractivity contribution in [1.82, 2.24) is 9.88 Å². The van der Waals surface area contributed by atoms with Gasteiger partial charge in [0.1, 0.15) is 13.2 Å². The van der Waals surface area contributed by atoms with Crippen molar-refractivity contribution in [2.24, 2.45) is 0 Å². The molecule has 0 fully saturated rings. The van der Waals surface area contributed by atoms with Crippen LogP contribution in [-0.4, -0.2) is 48.1 Å². The summed E-state index contributed by atoms with van der Waals surface area (Å²) in [7, 11) is 0. The van der Waals surface area contributed by atoms with Crippen molar-refractivity contribution >= 4 is 17.7 Å². The number of Topliss-reactive ketones (excluding diaryl/α,β-unsaturated/α-hetero) is 1. The second kappa shape index (κ2) is 10.2. The van der Waals surface area contributed by atoms with E-state index in [2.05, 4.69) is 5.32 Å².